The summed E-state index contributed by atoms with van der Waals surface area (Å²) >= 11 is 0. The second-order valence-electron chi connectivity index (χ2n) is 7.93. The SMILES string of the molecule is CCc1[nH]c(C(=O)NC2CCCc3c2cnn3Cc2ccccc2)c(C)c1C(=O)OC. The molecule has 1 aromatic carbocycles. The van der Waals surface area contributed by atoms with Gasteiger partial charge in [-0.25, -0.2) is 4.79 Å². The van der Waals surface area contributed by atoms with Gasteiger partial charge in [-0.15, -0.1) is 0 Å². The number of methoxy groups -OCH3 is 1. The number of hydrogen-bond acceptors (Lipinski definition) is 4. The minimum absolute atomic E-state index is 0.102. The Morgan fingerprint density at radius 2 is 2.06 bits per heavy atom. The summed E-state index contributed by atoms with van der Waals surface area (Å²) in [6.45, 7) is 4.43. The molecule has 0 radical (unpaired) electrons. The van der Waals surface area contributed by atoms with Crippen molar-refractivity contribution < 1.29 is 14.3 Å². The van der Waals surface area contributed by atoms with Gasteiger partial charge in [0.2, 0.25) is 0 Å². The van der Waals surface area contributed by atoms with Crippen molar-refractivity contribution in [2.75, 3.05) is 7.11 Å². The number of amides is 1. The molecular formula is C24H28N4O3. The molecule has 7 nitrogen and oxygen atoms in total. The van der Waals surface area contributed by atoms with Gasteiger partial charge in [0.15, 0.2) is 0 Å². The number of nitrogens with one attached hydrogen (secondary N) is 2. The van der Waals surface area contributed by atoms with E-state index in [0.29, 0.717) is 23.2 Å². The minimum Gasteiger partial charge on any atom is -0.465 e. The predicted octanol–water partition coefficient (Wildman–Crippen LogP) is 3.72. The number of carbonyl (C=O) groups is 2. The van der Waals surface area contributed by atoms with Crippen molar-refractivity contribution in [1.29, 1.82) is 0 Å². The highest BCUT2D eigenvalue weighted by Crippen LogP contribution is 2.31. The second kappa shape index (κ2) is 8.79. The summed E-state index contributed by atoms with van der Waals surface area (Å²) in [5, 5.41) is 7.76. The Morgan fingerprint density at radius 3 is 2.77 bits per heavy atom. The van der Waals surface area contributed by atoms with E-state index in [2.05, 4.69) is 27.5 Å². The van der Waals surface area contributed by atoms with Crippen molar-refractivity contribution in [3.63, 3.8) is 0 Å². The van der Waals surface area contributed by atoms with Gasteiger partial charge in [-0.2, -0.15) is 5.10 Å². The molecule has 0 aliphatic heterocycles. The van der Waals surface area contributed by atoms with Crippen molar-refractivity contribution in [1.82, 2.24) is 20.1 Å². The number of nitrogens with zero attached hydrogens (tertiary/aromatic N) is 2. The maximum Gasteiger partial charge on any atom is 0.339 e. The van der Waals surface area contributed by atoms with E-state index in [1.165, 1.54) is 18.4 Å². The van der Waals surface area contributed by atoms with Crippen LogP contribution in [0.1, 0.15) is 74.7 Å². The number of H-pyrrole nitrogens is 1. The fraction of sp³-hybridized carbons (Fsp3) is 0.375. The molecular weight excluding hydrogens is 392 g/mol. The Kier molecular flexibility index (Phi) is 5.93. The Balaban J connectivity index is 1.56. The number of hydrogen-bond donors (Lipinski definition) is 2. The van der Waals surface area contributed by atoms with Gasteiger partial charge in [0.1, 0.15) is 5.69 Å². The van der Waals surface area contributed by atoms with Gasteiger partial charge in [-0.3, -0.25) is 9.48 Å². The summed E-state index contributed by atoms with van der Waals surface area (Å²) < 4.78 is 6.93. The zero-order valence-corrected chi connectivity index (χ0v) is 18.2. The molecule has 0 bridgehead atoms. The van der Waals surface area contributed by atoms with Crippen molar-refractivity contribution in [3.8, 4) is 0 Å². The van der Waals surface area contributed by atoms with Gasteiger partial charge >= 0.3 is 5.97 Å². The molecule has 4 rings (SSSR count). The summed E-state index contributed by atoms with van der Waals surface area (Å²) in [7, 11) is 1.35. The Bertz CT molecular complexity index is 1100. The van der Waals surface area contributed by atoms with E-state index >= 15 is 0 Å². The summed E-state index contributed by atoms with van der Waals surface area (Å²) in [6.07, 6.45) is 5.28. The van der Waals surface area contributed by atoms with E-state index in [1.54, 1.807) is 6.92 Å². The van der Waals surface area contributed by atoms with E-state index in [1.807, 2.05) is 36.0 Å². The molecule has 31 heavy (non-hydrogen) atoms. The molecule has 162 valence electrons. The van der Waals surface area contributed by atoms with Crippen LogP contribution in [0.2, 0.25) is 0 Å². The van der Waals surface area contributed by atoms with E-state index in [-0.39, 0.29) is 11.9 Å². The maximum atomic E-state index is 13.1. The lowest BCUT2D eigenvalue weighted by Crippen LogP contribution is -2.31. The third-order valence-electron chi connectivity index (χ3n) is 6.04. The minimum atomic E-state index is -0.424. The molecule has 2 N–H and O–H groups in total. The van der Waals surface area contributed by atoms with Crippen molar-refractivity contribution in [2.45, 2.75) is 52.1 Å². The summed E-state index contributed by atoms with van der Waals surface area (Å²) in [5.74, 6) is -0.636. The maximum absolute atomic E-state index is 13.1. The quantitative estimate of drug-likeness (QED) is 0.595. The van der Waals surface area contributed by atoms with E-state index in [9.17, 15) is 9.59 Å². The lowest BCUT2D eigenvalue weighted by atomic mass is 9.92. The van der Waals surface area contributed by atoms with Gasteiger partial charge in [-0.1, -0.05) is 37.3 Å². The largest absolute Gasteiger partial charge is 0.465 e. The van der Waals surface area contributed by atoms with Gasteiger partial charge in [-0.05, 0) is 43.7 Å². The molecule has 2 aromatic heterocycles. The highest BCUT2D eigenvalue weighted by Gasteiger charge is 2.29. The lowest BCUT2D eigenvalue weighted by molar-refractivity contribution is 0.0599. The van der Waals surface area contributed by atoms with E-state index in [4.69, 9.17) is 4.74 Å². The van der Waals surface area contributed by atoms with Crippen molar-refractivity contribution >= 4 is 11.9 Å². The van der Waals surface area contributed by atoms with Crippen LogP contribution in [0.4, 0.5) is 0 Å². The first kappa shape index (κ1) is 20.9. The van der Waals surface area contributed by atoms with Gasteiger partial charge in [0.25, 0.3) is 5.91 Å². The number of fused-ring (bicyclic) bond motifs is 1. The number of rotatable bonds is 6. The summed E-state index contributed by atoms with van der Waals surface area (Å²) in [5.41, 5.74) is 5.66. The first-order valence-electron chi connectivity index (χ1n) is 10.7. The highest BCUT2D eigenvalue weighted by molar-refractivity contribution is 6.00. The van der Waals surface area contributed by atoms with Gasteiger partial charge in [0, 0.05) is 17.0 Å². The van der Waals surface area contributed by atoms with Crippen LogP contribution in [0, 0.1) is 6.92 Å². The zero-order chi connectivity index (χ0) is 22.0. The second-order valence-corrected chi connectivity index (χ2v) is 7.93. The molecule has 1 aliphatic rings. The topological polar surface area (TPSA) is 89.0 Å². The molecule has 0 saturated carbocycles. The van der Waals surface area contributed by atoms with Crippen molar-refractivity contribution in [2.24, 2.45) is 0 Å². The number of aromatic nitrogens is 3. The Labute approximate surface area is 181 Å². The average molecular weight is 421 g/mol. The number of carbonyl (C=O) groups excluding carboxylic acids is 2. The fourth-order valence-electron chi connectivity index (χ4n) is 4.42. The molecule has 1 unspecified atom stereocenters. The Morgan fingerprint density at radius 1 is 1.29 bits per heavy atom. The highest BCUT2D eigenvalue weighted by atomic mass is 16.5. The first-order chi connectivity index (χ1) is 15.0. The average Bonchev–Trinajstić information content (AvgIpc) is 3.35. The first-order valence-corrected chi connectivity index (χ1v) is 10.7. The summed E-state index contributed by atoms with van der Waals surface area (Å²) in [6, 6.07) is 10.1. The predicted molar refractivity (Wildman–Crippen MR) is 117 cm³/mol. The van der Waals surface area contributed by atoms with Crippen LogP contribution < -0.4 is 5.32 Å². The summed E-state index contributed by atoms with van der Waals surface area (Å²) in [4.78, 5) is 28.4. The van der Waals surface area contributed by atoms with Crippen LogP contribution in [-0.2, 0) is 24.1 Å². The monoisotopic (exact) mass is 420 g/mol. The molecule has 7 heteroatoms. The van der Waals surface area contributed by atoms with E-state index in [0.717, 1.165) is 37.1 Å². The number of benzene rings is 1. The van der Waals surface area contributed by atoms with Gasteiger partial charge < -0.3 is 15.0 Å². The van der Waals surface area contributed by atoms with Crippen molar-refractivity contribution in [3.05, 3.63) is 75.9 Å². The normalized spacial score (nSPS) is 15.4. The molecule has 3 aromatic rings. The Hall–Kier alpha value is -3.35. The third-order valence-corrected chi connectivity index (χ3v) is 6.04. The smallest absolute Gasteiger partial charge is 0.339 e. The molecule has 2 heterocycles. The van der Waals surface area contributed by atoms with Crippen LogP contribution >= 0.6 is 0 Å². The molecule has 1 atom stereocenters. The van der Waals surface area contributed by atoms with Crippen LogP contribution in [0.5, 0.6) is 0 Å². The number of ether oxygens (including phenoxy) is 1. The van der Waals surface area contributed by atoms with Crippen LogP contribution in [0.25, 0.3) is 0 Å². The number of aryl methyl sites for hydroxylation is 1. The standard InChI is InChI=1S/C24H28N4O3/c1-4-18-21(24(30)31-3)15(2)22(26-18)23(29)27-19-11-8-12-20-17(19)13-25-28(20)14-16-9-6-5-7-10-16/h5-7,9-10,13,19,26H,4,8,11-12,14H2,1-3H3,(H,27,29). The van der Waals surface area contributed by atoms with Crippen LogP contribution in [-0.4, -0.2) is 33.8 Å². The molecule has 1 aliphatic carbocycles. The fourth-order valence-corrected chi connectivity index (χ4v) is 4.42. The zero-order valence-electron chi connectivity index (χ0n) is 18.2. The molecule has 0 spiro atoms. The van der Waals surface area contributed by atoms with Crippen LogP contribution in [0.3, 0.4) is 0 Å². The third kappa shape index (κ3) is 4.00. The van der Waals surface area contributed by atoms with Crippen LogP contribution in [0.15, 0.2) is 36.5 Å². The van der Waals surface area contributed by atoms with Gasteiger partial charge in [0.05, 0.1) is 31.5 Å². The number of esters is 1. The molecule has 0 fully saturated rings. The van der Waals surface area contributed by atoms with E-state index < -0.39 is 5.97 Å². The molecule has 1 amide bonds. The lowest BCUT2D eigenvalue weighted by Gasteiger charge is -2.24. The number of aromatic amines is 1. The molecule has 0 saturated heterocycles.